The van der Waals surface area contributed by atoms with E-state index in [0.29, 0.717) is 37.9 Å². The van der Waals surface area contributed by atoms with Gasteiger partial charge >= 0.3 is 0 Å². The number of hydrogen-bond donors (Lipinski definition) is 1. The van der Waals surface area contributed by atoms with Crippen molar-refractivity contribution < 1.29 is 22.8 Å². The van der Waals surface area contributed by atoms with E-state index in [9.17, 15) is 22.8 Å². The number of ketones is 1. The Kier molecular flexibility index (Phi) is 9.18. The zero-order valence-corrected chi connectivity index (χ0v) is 19.4. The maximum absolute atomic E-state index is 13.3. The predicted molar refractivity (Wildman–Crippen MR) is 118 cm³/mol. The molecule has 1 fully saturated rings. The van der Waals surface area contributed by atoms with E-state index >= 15 is 0 Å². The number of benzene rings is 1. The lowest BCUT2D eigenvalue weighted by Crippen LogP contribution is -2.54. The van der Waals surface area contributed by atoms with Crippen LogP contribution in [0.4, 0.5) is 0 Å². The average Bonchev–Trinajstić information content (AvgIpc) is 2.77. The van der Waals surface area contributed by atoms with Crippen LogP contribution in [0.2, 0.25) is 0 Å². The molecule has 1 aromatic carbocycles. The molecule has 1 N–H and O–H groups in total. The first-order chi connectivity index (χ1) is 14.7. The van der Waals surface area contributed by atoms with Crippen molar-refractivity contribution in [1.82, 2.24) is 14.5 Å². The highest BCUT2D eigenvalue weighted by Crippen LogP contribution is 2.27. The third-order valence-electron chi connectivity index (χ3n) is 5.32. The molecule has 1 aliphatic heterocycles. The second-order valence-electron chi connectivity index (χ2n) is 7.82. The van der Waals surface area contributed by atoms with Gasteiger partial charge in [0.15, 0.2) is 5.78 Å². The molecular weight excluding hydrogens is 418 g/mol. The molecule has 31 heavy (non-hydrogen) atoms. The molecule has 0 radical (unpaired) electrons. The van der Waals surface area contributed by atoms with Crippen molar-refractivity contribution >= 4 is 27.6 Å². The number of piperidine rings is 1. The molecule has 1 heterocycles. The summed E-state index contributed by atoms with van der Waals surface area (Å²) in [7, 11) is -3.92. The first-order valence-electron chi connectivity index (χ1n) is 10.9. The average molecular weight is 452 g/mol. The summed E-state index contributed by atoms with van der Waals surface area (Å²) in [6.07, 6.45) is 3.29. The summed E-state index contributed by atoms with van der Waals surface area (Å²) >= 11 is 0. The molecule has 1 aliphatic rings. The van der Waals surface area contributed by atoms with Crippen LogP contribution in [-0.4, -0.2) is 67.4 Å². The van der Waals surface area contributed by atoms with Crippen LogP contribution in [0.5, 0.6) is 0 Å². The summed E-state index contributed by atoms with van der Waals surface area (Å²) in [6.45, 7) is 6.36. The van der Waals surface area contributed by atoms with Crippen LogP contribution < -0.4 is 5.32 Å². The molecule has 0 aliphatic carbocycles. The third kappa shape index (κ3) is 6.36. The van der Waals surface area contributed by atoms with Gasteiger partial charge < -0.3 is 10.2 Å². The normalized spacial score (nSPS) is 17.2. The lowest BCUT2D eigenvalue weighted by Gasteiger charge is -2.36. The summed E-state index contributed by atoms with van der Waals surface area (Å²) in [5.74, 6) is -0.725. The molecule has 0 saturated carbocycles. The fourth-order valence-electron chi connectivity index (χ4n) is 3.68. The second kappa shape index (κ2) is 11.4. The Labute approximate surface area is 185 Å². The maximum Gasteiger partial charge on any atom is 0.243 e. The van der Waals surface area contributed by atoms with Gasteiger partial charge in [0.2, 0.25) is 21.8 Å². The summed E-state index contributed by atoms with van der Waals surface area (Å²) in [6, 6.07) is 4.94. The highest BCUT2D eigenvalue weighted by atomic mass is 32.2. The van der Waals surface area contributed by atoms with Crippen molar-refractivity contribution in [3.05, 3.63) is 29.8 Å². The zero-order chi connectivity index (χ0) is 23.0. The van der Waals surface area contributed by atoms with Crippen molar-refractivity contribution in [1.29, 1.82) is 0 Å². The highest BCUT2D eigenvalue weighted by molar-refractivity contribution is 7.89. The molecular formula is C22H33N3O5S. The monoisotopic (exact) mass is 451 g/mol. The first-order valence-corrected chi connectivity index (χ1v) is 12.3. The van der Waals surface area contributed by atoms with Gasteiger partial charge in [-0.2, -0.15) is 4.31 Å². The fourth-order valence-corrected chi connectivity index (χ4v) is 5.33. The molecule has 2 amide bonds. The van der Waals surface area contributed by atoms with Gasteiger partial charge in [-0.15, -0.1) is 0 Å². The Bertz CT molecular complexity index is 883. The number of Topliss-reactive ketones (excluding diaryl/α,β-unsaturated/α-hetero) is 1. The van der Waals surface area contributed by atoms with Crippen LogP contribution in [0.1, 0.15) is 63.2 Å². The van der Waals surface area contributed by atoms with Gasteiger partial charge in [-0.1, -0.05) is 32.4 Å². The van der Waals surface area contributed by atoms with Crippen LogP contribution >= 0.6 is 0 Å². The third-order valence-corrected chi connectivity index (χ3v) is 7.24. The van der Waals surface area contributed by atoms with Crippen molar-refractivity contribution in [3.63, 3.8) is 0 Å². The number of carbonyl (C=O) groups excluding carboxylic acids is 3. The number of rotatable bonds is 10. The van der Waals surface area contributed by atoms with E-state index in [1.165, 1.54) is 40.4 Å². The van der Waals surface area contributed by atoms with Gasteiger partial charge in [0.05, 0.1) is 11.4 Å². The molecule has 172 valence electrons. The van der Waals surface area contributed by atoms with Gasteiger partial charge in [-0.05, 0) is 44.7 Å². The quantitative estimate of drug-likeness (QED) is 0.549. The Morgan fingerprint density at radius 2 is 1.77 bits per heavy atom. The molecule has 0 aromatic heterocycles. The largest absolute Gasteiger partial charge is 0.355 e. The standard InChI is InChI=1S/C22H33N3O5S/c1-4-13-23-21(27)16-24(14-5-2)22(28)20-8-6-7-15-25(20)31(29,30)19-11-9-18(10-12-19)17(3)26/h9-12,20H,4-8,13-16H2,1-3H3,(H,23,27). The minimum atomic E-state index is -3.92. The predicted octanol–water partition coefficient (Wildman–Crippen LogP) is 2.20. The highest BCUT2D eigenvalue weighted by Gasteiger charge is 2.39. The molecule has 1 aromatic rings. The number of sulfonamides is 1. The van der Waals surface area contributed by atoms with E-state index in [4.69, 9.17) is 0 Å². The van der Waals surface area contributed by atoms with E-state index in [1.54, 1.807) is 0 Å². The summed E-state index contributed by atoms with van der Waals surface area (Å²) in [5, 5.41) is 2.77. The first kappa shape index (κ1) is 25.0. The summed E-state index contributed by atoms with van der Waals surface area (Å²) in [5.41, 5.74) is 0.428. The lowest BCUT2D eigenvalue weighted by molar-refractivity contribution is -0.140. The Morgan fingerprint density at radius 1 is 1.10 bits per heavy atom. The lowest BCUT2D eigenvalue weighted by atomic mass is 10.0. The van der Waals surface area contributed by atoms with Gasteiger partial charge in [0.25, 0.3) is 0 Å². The van der Waals surface area contributed by atoms with Crippen molar-refractivity contribution in [3.8, 4) is 0 Å². The van der Waals surface area contributed by atoms with Gasteiger partial charge in [0, 0.05) is 25.2 Å². The molecule has 1 saturated heterocycles. The van der Waals surface area contributed by atoms with Crippen molar-refractivity contribution in [2.24, 2.45) is 0 Å². The maximum atomic E-state index is 13.3. The Balaban J connectivity index is 2.26. The topological polar surface area (TPSA) is 104 Å². The second-order valence-corrected chi connectivity index (χ2v) is 9.71. The molecule has 0 bridgehead atoms. The van der Waals surface area contributed by atoms with Crippen LogP contribution in [0.3, 0.4) is 0 Å². The molecule has 9 heteroatoms. The Morgan fingerprint density at radius 3 is 2.35 bits per heavy atom. The van der Waals surface area contributed by atoms with E-state index in [2.05, 4.69) is 5.32 Å². The minimum absolute atomic E-state index is 0.0555. The van der Waals surface area contributed by atoms with Gasteiger partial charge in [-0.3, -0.25) is 14.4 Å². The summed E-state index contributed by atoms with van der Waals surface area (Å²) < 4.78 is 27.9. The van der Waals surface area contributed by atoms with Crippen LogP contribution in [0.25, 0.3) is 0 Å². The zero-order valence-electron chi connectivity index (χ0n) is 18.6. The summed E-state index contributed by atoms with van der Waals surface area (Å²) in [4.78, 5) is 38.5. The molecule has 1 unspecified atom stereocenters. The number of nitrogens with one attached hydrogen (secondary N) is 1. The van der Waals surface area contributed by atoms with Crippen LogP contribution in [0.15, 0.2) is 29.2 Å². The Hall–Kier alpha value is -2.26. The fraction of sp³-hybridized carbons (Fsp3) is 0.591. The van der Waals surface area contributed by atoms with E-state index < -0.39 is 16.1 Å². The van der Waals surface area contributed by atoms with Crippen LogP contribution in [-0.2, 0) is 19.6 Å². The number of carbonyl (C=O) groups is 3. The molecule has 8 nitrogen and oxygen atoms in total. The molecule has 2 rings (SSSR count). The minimum Gasteiger partial charge on any atom is -0.355 e. The molecule has 1 atom stereocenters. The van der Waals surface area contributed by atoms with E-state index in [1.807, 2.05) is 13.8 Å². The number of hydrogen-bond acceptors (Lipinski definition) is 5. The van der Waals surface area contributed by atoms with Gasteiger partial charge in [0.1, 0.15) is 6.04 Å². The van der Waals surface area contributed by atoms with Crippen molar-refractivity contribution in [2.75, 3.05) is 26.2 Å². The van der Waals surface area contributed by atoms with Gasteiger partial charge in [-0.25, -0.2) is 8.42 Å². The van der Waals surface area contributed by atoms with Crippen molar-refractivity contribution in [2.45, 2.75) is 63.8 Å². The van der Waals surface area contributed by atoms with E-state index in [0.717, 1.165) is 12.8 Å². The SMILES string of the molecule is CCCNC(=O)CN(CCC)C(=O)C1CCCCN1S(=O)(=O)c1ccc(C(C)=O)cc1. The number of nitrogens with zero attached hydrogens (tertiary/aromatic N) is 2. The molecule has 0 spiro atoms. The van der Waals surface area contributed by atoms with E-state index in [-0.39, 0.29) is 35.6 Å². The number of amides is 2. The smallest absolute Gasteiger partial charge is 0.243 e. The van der Waals surface area contributed by atoms with Crippen LogP contribution in [0, 0.1) is 0 Å².